The Hall–Kier alpha value is -4.03. The topological polar surface area (TPSA) is 88.7 Å². The predicted molar refractivity (Wildman–Crippen MR) is 171 cm³/mol. The summed E-state index contributed by atoms with van der Waals surface area (Å²) in [7, 11) is 1.58. The van der Waals surface area contributed by atoms with Crippen molar-refractivity contribution >= 4 is 40.6 Å². The SMILES string of the molecule is COc1cc(C2c3sc(=O)[nH]c3SC3C2[C@H]2C[C@@H]3C3C(=O)N(c4cccc(C(F)(F)F)c4)C(=O)C32)ccc1OCc1ccccc1C. The number of fused-ring (bicyclic) bond motifs is 9. The second-order valence-electron chi connectivity index (χ2n) is 12.6. The Morgan fingerprint density at radius 1 is 0.936 bits per heavy atom. The molecule has 8 rings (SSSR count). The molecule has 4 aliphatic rings. The number of halogens is 3. The molecule has 7 atom stereocenters. The smallest absolute Gasteiger partial charge is 0.416 e. The quantitative estimate of drug-likeness (QED) is 0.221. The number of alkyl halides is 3. The molecule has 2 amide bonds. The Morgan fingerprint density at radius 2 is 1.70 bits per heavy atom. The molecule has 3 heterocycles. The van der Waals surface area contributed by atoms with Crippen LogP contribution in [0.5, 0.6) is 11.5 Å². The average molecular weight is 679 g/mol. The molecule has 47 heavy (non-hydrogen) atoms. The van der Waals surface area contributed by atoms with Gasteiger partial charge in [0.05, 0.1) is 35.2 Å². The van der Waals surface area contributed by atoms with E-state index >= 15 is 0 Å². The molecule has 242 valence electrons. The maximum absolute atomic E-state index is 14.0. The number of hydrogen-bond donors (Lipinski definition) is 1. The van der Waals surface area contributed by atoms with Crippen molar-refractivity contribution in [1.29, 1.82) is 0 Å². The molecule has 1 aromatic heterocycles. The lowest BCUT2D eigenvalue weighted by Gasteiger charge is -2.43. The minimum Gasteiger partial charge on any atom is -0.493 e. The zero-order valence-corrected chi connectivity index (χ0v) is 26.9. The van der Waals surface area contributed by atoms with Crippen LogP contribution in [0.2, 0.25) is 0 Å². The zero-order valence-electron chi connectivity index (χ0n) is 25.2. The van der Waals surface area contributed by atoms with Gasteiger partial charge in [-0.15, -0.1) is 11.8 Å². The standard InChI is InChI=1S/C35H29F3N2O5S2/c1-16-6-3-4-7-18(16)15-45-23-11-10-17(12-24(23)44-2)25-26-21-14-22(29(26)46-31-30(25)47-34(43)39-31)28-27(21)32(41)40(33(28)42)20-9-5-8-19(13-20)35(36,37)38/h3-13,21-22,25-29H,14-15H2,1-2H3,(H,39,43)/t21-,22-,25?,26?,27?,28?,29?/m1/s1. The fourth-order valence-corrected chi connectivity index (χ4v) is 11.3. The number of amides is 2. The molecule has 5 unspecified atom stereocenters. The lowest BCUT2D eigenvalue weighted by atomic mass is 9.68. The van der Waals surface area contributed by atoms with E-state index in [0.717, 1.165) is 55.0 Å². The maximum Gasteiger partial charge on any atom is 0.416 e. The van der Waals surface area contributed by atoms with Gasteiger partial charge in [-0.05, 0) is 78.1 Å². The third-order valence-electron chi connectivity index (χ3n) is 10.3. The minimum absolute atomic E-state index is 0.0507. The summed E-state index contributed by atoms with van der Waals surface area (Å²) in [6.45, 7) is 2.39. The number of imide groups is 1. The molecule has 1 saturated heterocycles. The molecule has 3 fully saturated rings. The van der Waals surface area contributed by atoms with Crippen LogP contribution in [0.25, 0.3) is 0 Å². The third kappa shape index (κ3) is 4.74. The largest absolute Gasteiger partial charge is 0.493 e. The summed E-state index contributed by atoms with van der Waals surface area (Å²) in [5.74, 6) is -1.70. The lowest BCUT2D eigenvalue weighted by Crippen LogP contribution is -2.42. The van der Waals surface area contributed by atoms with Gasteiger partial charge in [0, 0.05) is 16.0 Å². The molecule has 2 saturated carbocycles. The molecular formula is C35H29F3N2O5S2. The number of methoxy groups -OCH3 is 1. The number of aryl methyl sites for hydroxylation is 1. The predicted octanol–water partition coefficient (Wildman–Crippen LogP) is 7.03. The highest BCUT2D eigenvalue weighted by atomic mass is 32.2. The minimum atomic E-state index is -4.61. The van der Waals surface area contributed by atoms with Crippen molar-refractivity contribution in [2.45, 2.75) is 42.3 Å². The van der Waals surface area contributed by atoms with E-state index in [1.165, 1.54) is 12.1 Å². The van der Waals surface area contributed by atoms with Crippen LogP contribution < -0.4 is 19.2 Å². The first kappa shape index (κ1) is 30.3. The molecule has 0 radical (unpaired) electrons. The van der Waals surface area contributed by atoms with Gasteiger partial charge in [0.25, 0.3) is 0 Å². The van der Waals surface area contributed by atoms with Crippen LogP contribution in [-0.2, 0) is 22.4 Å². The van der Waals surface area contributed by atoms with Crippen molar-refractivity contribution in [3.63, 3.8) is 0 Å². The Morgan fingerprint density at radius 3 is 2.45 bits per heavy atom. The number of benzene rings is 3. The number of hydrogen-bond acceptors (Lipinski definition) is 7. The maximum atomic E-state index is 14.0. The summed E-state index contributed by atoms with van der Waals surface area (Å²) in [5.41, 5.74) is 2.12. The van der Waals surface area contributed by atoms with Gasteiger partial charge >= 0.3 is 11.0 Å². The van der Waals surface area contributed by atoms with Crippen molar-refractivity contribution in [2.24, 2.45) is 29.6 Å². The number of carbonyl (C=O) groups excluding carboxylic acids is 2. The molecule has 3 aromatic carbocycles. The third-order valence-corrected chi connectivity index (χ3v) is 12.9. The number of aromatic amines is 1. The van der Waals surface area contributed by atoms with Gasteiger partial charge in [0.2, 0.25) is 11.8 Å². The molecule has 1 N–H and O–H groups in total. The van der Waals surface area contributed by atoms with E-state index in [1.807, 2.05) is 49.4 Å². The summed E-state index contributed by atoms with van der Waals surface area (Å²) >= 11 is 2.70. The Bertz CT molecular complexity index is 1990. The number of anilines is 1. The summed E-state index contributed by atoms with van der Waals surface area (Å²) in [6, 6.07) is 18.2. The molecule has 2 aliphatic carbocycles. The van der Waals surface area contributed by atoms with E-state index in [9.17, 15) is 27.6 Å². The van der Waals surface area contributed by atoms with Gasteiger partial charge in [-0.1, -0.05) is 47.7 Å². The lowest BCUT2D eigenvalue weighted by molar-refractivity contribution is -0.137. The number of nitrogens with one attached hydrogen (secondary N) is 1. The van der Waals surface area contributed by atoms with Crippen LogP contribution in [0.4, 0.5) is 18.9 Å². The molecule has 7 nitrogen and oxygen atoms in total. The van der Waals surface area contributed by atoms with E-state index in [-0.39, 0.29) is 39.5 Å². The average Bonchev–Trinajstić information content (AvgIpc) is 3.79. The van der Waals surface area contributed by atoms with E-state index in [4.69, 9.17) is 9.47 Å². The summed E-state index contributed by atoms with van der Waals surface area (Å²) in [6.07, 6.45) is -3.94. The summed E-state index contributed by atoms with van der Waals surface area (Å²) in [4.78, 5) is 45.2. The fraction of sp³-hybridized carbons (Fsp3) is 0.343. The van der Waals surface area contributed by atoms with Gasteiger partial charge in [-0.3, -0.25) is 19.3 Å². The van der Waals surface area contributed by atoms with Gasteiger partial charge < -0.3 is 14.5 Å². The van der Waals surface area contributed by atoms with Crippen molar-refractivity contribution in [2.75, 3.05) is 12.0 Å². The number of nitrogens with zero attached hydrogens (tertiary/aromatic N) is 1. The second-order valence-corrected chi connectivity index (χ2v) is 14.8. The van der Waals surface area contributed by atoms with E-state index < -0.39 is 35.4 Å². The molecule has 12 heteroatoms. The van der Waals surface area contributed by atoms with Crippen molar-refractivity contribution in [3.05, 3.63) is 104 Å². The number of ether oxygens (including phenoxy) is 2. The van der Waals surface area contributed by atoms with Crippen molar-refractivity contribution in [1.82, 2.24) is 4.98 Å². The normalized spacial score (nSPS) is 27.5. The van der Waals surface area contributed by atoms with Crippen LogP contribution in [0.3, 0.4) is 0 Å². The van der Waals surface area contributed by atoms with E-state index in [1.54, 1.807) is 18.9 Å². The molecule has 2 bridgehead atoms. The number of thiazole rings is 1. The first-order chi connectivity index (χ1) is 22.5. The number of thioether (sulfide) groups is 1. The first-order valence-electron chi connectivity index (χ1n) is 15.3. The van der Waals surface area contributed by atoms with E-state index in [0.29, 0.717) is 24.5 Å². The summed E-state index contributed by atoms with van der Waals surface area (Å²) in [5, 5.41) is 0.700. The Kier molecular flexibility index (Phi) is 7.10. The molecular weight excluding hydrogens is 650 g/mol. The monoisotopic (exact) mass is 678 g/mol. The molecule has 0 spiro atoms. The van der Waals surface area contributed by atoms with Crippen LogP contribution in [0.1, 0.15) is 39.5 Å². The van der Waals surface area contributed by atoms with Crippen LogP contribution in [-0.4, -0.2) is 29.2 Å². The first-order valence-corrected chi connectivity index (χ1v) is 17.0. The number of rotatable bonds is 6. The Balaban J connectivity index is 1.14. The van der Waals surface area contributed by atoms with Crippen molar-refractivity contribution < 1.29 is 32.2 Å². The number of aromatic nitrogens is 1. The van der Waals surface area contributed by atoms with Gasteiger partial charge in [0.1, 0.15) is 6.61 Å². The highest BCUT2D eigenvalue weighted by Gasteiger charge is 2.69. The van der Waals surface area contributed by atoms with Gasteiger partial charge in [-0.2, -0.15) is 13.2 Å². The Labute approximate surface area is 276 Å². The summed E-state index contributed by atoms with van der Waals surface area (Å²) < 4.78 is 52.5. The molecule has 2 aliphatic heterocycles. The van der Waals surface area contributed by atoms with Gasteiger partial charge in [0.15, 0.2) is 11.5 Å². The zero-order chi connectivity index (χ0) is 32.8. The number of H-pyrrole nitrogens is 1. The number of carbonyl (C=O) groups is 2. The van der Waals surface area contributed by atoms with Crippen LogP contribution in [0, 0.1) is 36.5 Å². The van der Waals surface area contributed by atoms with Crippen LogP contribution >= 0.6 is 23.1 Å². The van der Waals surface area contributed by atoms with Crippen molar-refractivity contribution in [3.8, 4) is 11.5 Å². The van der Waals surface area contributed by atoms with E-state index in [2.05, 4.69) is 4.98 Å². The molecule has 4 aromatic rings. The highest BCUT2D eigenvalue weighted by Crippen LogP contribution is 2.69. The fourth-order valence-electron chi connectivity index (χ4n) is 8.39. The second kappa shape index (κ2) is 11.0. The van der Waals surface area contributed by atoms with Crippen LogP contribution in [0.15, 0.2) is 76.6 Å². The highest BCUT2D eigenvalue weighted by molar-refractivity contribution is 8.00. The van der Waals surface area contributed by atoms with Gasteiger partial charge in [-0.25, -0.2) is 0 Å².